The molecule has 104 valence electrons. The zero-order valence-corrected chi connectivity index (χ0v) is 11.1. The number of carbonyl (C=O) groups is 1. The molecule has 1 aliphatic rings. The fourth-order valence-electron chi connectivity index (χ4n) is 1.99. The molecule has 2 rings (SSSR count). The number of pyridine rings is 1. The smallest absolute Gasteiger partial charge is 0.356 e. The molecule has 1 fully saturated rings. The number of aliphatic hydroxyl groups is 2. The van der Waals surface area contributed by atoms with E-state index in [1.807, 2.05) is 0 Å². The molecule has 1 aromatic rings. The molecule has 2 atom stereocenters. The van der Waals surface area contributed by atoms with Gasteiger partial charge in [0.05, 0.1) is 16.7 Å². The zero-order chi connectivity index (χ0) is 14.2. The minimum Gasteiger partial charge on any atom is -0.476 e. The van der Waals surface area contributed by atoms with E-state index in [0.717, 1.165) is 0 Å². The van der Waals surface area contributed by atoms with Gasteiger partial charge in [0.25, 0.3) is 0 Å². The third-order valence-electron chi connectivity index (χ3n) is 3.36. The number of hydrogen-bond acceptors (Lipinski definition) is 5. The van der Waals surface area contributed by atoms with Crippen molar-refractivity contribution in [1.29, 1.82) is 0 Å². The molecule has 6 nitrogen and oxygen atoms in total. The SMILES string of the molecule is C[C@]1(O)CCN(c2ccc(Cl)c(C(=O)O)n2)C[C@@H]1O. The number of rotatable bonds is 2. The van der Waals surface area contributed by atoms with E-state index in [9.17, 15) is 15.0 Å². The van der Waals surface area contributed by atoms with Gasteiger partial charge in [0.1, 0.15) is 5.82 Å². The summed E-state index contributed by atoms with van der Waals surface area (Å²) >= 11 is 5.75. The first kappa shape index (κ1) is 14.0. The van der Waals surface area contributed by atoms with Crippen LogP contribution in [0.3, 0.4) is 0 Å². The number of nitrogens with zero attached hydrogens (tertiary/aromatic N) is 2. The highest BCUT2D eigenvalue weighted by Gasteiger charge is 2.36. The summed E-state index contributed by atoms with van der Waals surface area (Å²) in [6.07, 6.45) is -0.534. The number of aromatic nitrogens is 1. The van der Waals surface area contributed by atoms with Crippen LogP contribution in [-0.2, 0) is 0 Å². The van der Waals surface area contributed by atoms with Gasteiger partial charge in [0, 0.05) is 13.1 Å². The first-order valence-electron chi connectivity index (χ1n) is 5.86. The minimum absolute atomic E-state index is 0.0702. The molecule has 3 N–H and O–H groups in total. The van der Waals surface area contributed by atoms with Crippen LogP contribution in [0.2, 0.25) is 5.02 Å². The molecule has 0 bridgehead atoms. The molecule has 0 spiro atoms. The van der Waals surface area contributed by atoms with Crippen LogP contribution < -0.4 is 4.90 Å². The number of anilines is 1. The molecule has 1 aromatic heterocycles. The molecule has 19 heavy (non-hydrogen) atoms. The Bertz CT molecular complexity index is 507. The van der Waals surface area contributed by atoms with Gasteiger partial charge in [-0.05, 0) is 25.5 Å². The van der Waals surface area contributed by atoms with Crippen molar-refractivity contribution in [1.82, 2.24) is 4.98 Å². The zero-order valence-electron chi connectivity index (χ0n) is 10.4. The second-order valence-electron chi connectivity index (χ2n) is 4.87. The van der Waals surface area contributed by atoms with Gasteiger partial charge in [-0.25, -0.2) is 9.78 Å². The second-order valence-corrected chi connectivity index (χ2v) is 5.28. The molecule has 1 saturated heterocycles. The van der Waals surface area contributed by atoms with Crippen LogP contribution in [0.15, 0.2) is 12.1 Å². The summed E-state index contributed by atoms with van der Waals surface area (Å²) in [6, 6.07) is 3.06. The van der Waals surface area contributed by atoms with Crippen LogP contribution in [0, 0.1) is 0 Å². The lowest BCUT2D eigenvalue weighted by atomic mass is 9.91. The molecule has 0 aromatic carbocycles. The maximum absolute atomic E-state index is 11.0. The summed E-state index contributed by atoms with van der Waals surface area (Å²) in [4.78, 5) is 16.7. The number of aromatic carboxylic acids is 1. The Morgan fingerprint density at radius 1 is 1.58 bits per heavy atom. The van der Waals surface area contributed by atoms with Gasteiger partial charge in [-0.2, -0.15) is 0 Å². The number of halogens is 1. The Kier molecular flexibility index (Phi) is 3.66. The van der Waals surface area contributed by atoms with Crippen molar-refractivity contribution in [2.75, 3.05) is 18.0 Å². The summed E-state index contributed by atoms with van der Waals surface area (Å²) in [5.74, 6) is -0.771. The van der Waals surface area contributed by atoms with E-state index in [2.05, 4.69) is 4.98 Å². The monoisotopic (exact) mass is 286 g/mol. The third-order valence-corrected chi connectivity index (χ3v) is 3.66. The quantitative estimate of drug-likeness (QED) is 0.743. The van der Waals surface area contributed by atoms with Gasteiger partial charge in [0.15, 0.2) is 5.69 Å². The maximum Gasteiger partial charge on any atom is 0.356 e. The van der Waals surface area contributed by atoms with Crippen molar-refractivity contribution >= 4 is 23.4 Å². The Hall–Kier alpha value is -1.37. The van der Waals surface area contributed by atoms with Crippen molar-refractivity contribution in [3.05, 3.63) is 22.8 Å². The van der Waals surface area contributed by atoms with Crippen LogP contribution in [0.1, 0.15) is 23.8 Å². The molecule has 0 saturated carbocycles. The van der Waals surface area contributed by atoms with Crippen molar-refractivity contribution in [3.8, 4) is 0 Å². The molecule has 0 amide bonds. The average molecular weight is 287 g/mol. The molecule has 0 radical (unpaired) electrons. The van der Waals surface area contributed by atoms with E-state index >= 15 is 0 Å². The molecular formula is C12H15ClN2O4. The van der Waals surface area contributed by atoms with Gasteiger partial charge in [-0.1, -0.05) is 11.6 Å². The van der Waals surface area contributed by atoms with E-state index in [1.165, 1.54) is 6.07 Å². The Balaban J connectivity index is 2.24. The van der Waals surface area contributed by atoms with Crippen molar-refractivity contribution in [3.63, 3.8) is 0 Å². The highest BCUT2D eigenvalue weighted by Crippen LogP contribution is 2.26. The lowest BCUT2D eigenvalue weighted by Crippen LogP contribution is -2.54. The highest BCUT2D eigenvalue weighted by atomic mass is 35.5. The van der Waals surface area contributed by atoms with Crippen LogP contribution in [0.5, 0.6) is 0 Å². The highest BCUT2D eigenvalue weighted by molar-refractivity contribution is 6.33. The summed E-state index contributed by atoms with van der Waals surface area (Å²) in [5, 5.41) is 28.8. The summed E-state index contributed by atoms with van der Waals surface area (Å²) in [7, 11) is 0. The number of aliphatic hydroxyl groups excluding tert-OH is 1. The number of hydrogen-bond donors (Lipinski definition) is 3. The summed E-state index contributed by atoms with van der Waals surface area (Å²) < 4.78 is 0. The third kappa shape index (κ3) is 2.80. The second kappa shape index (κ2) is 4.96. The largest absolute Gasteiger partial charge is 0.476 e. The van der Waals surface area contributed by atoms with E-state index in [1.54, 1.807) is 17.9 Å². The van der Waals surface area contributed by atoms with E-state index in [-0.39, 0.29) is 17.3 Å². The van der Waals surface area contributed by atoms with E-state index in [0.29, 0.717) is 18.8 Å². The molecule has 0 aliphatic carbocycles. The van der Waals surface area contributed by atoms with Crippen LogP contribution in [0.25, 0.3) is 0 Å². The van der Waals surface area contributed by atoms with Gasteiger partial charge >= 0.3 is 5.97 Å². The lowest BCUT2D eigenvalue weighted by Gasteiger charge is -2.40. The lowest BCUT2D eigenvalue weighted by molar-refractivity contribution is -0.0722. The van der Waals surface area contributed by atoms with E-state index < -0.39 is 17.7 Å². The molecule has 2 heterocycles. The molecular weight excluding hydrogens is 272 g/mol. The number of β-amino-alcohol motifs (C(OH)–C–C–N with tert-alkyl or cyclic N) is 1. The number of carboxylic acids is 1. The Morgan fingerprint density at radius 2 is 2.26 bits per heavy atom. The van der Waals surface area contributed by atoms with Crippen molar-refractivity contribution in [2.24, 2.45) is 0 Å². The predicted molar refractivity (Wildman–Crippen MR) is 69.7 cm³/mol. The minimum atomic E-state index is -1.20. The van der Waals surface area contributed by atoms with Crippen LogP contribution in [-0.4, -0.2) is 51.1 Å². The first-order valence-corrected chi connectivity index (χ1v) is 6.24. The van der Waals surface area contributed by atoms with Crippen LogP contribution >= 0.6 is 11.6 Å². The molecule has 7 heteroatoms. The van der Waals surface area contributed by atoms with Crippen molar-refractivity contribution < 1.29 is 20.1 Å². The molecule has 0 unspecified atom stereocenters. The summed E-state index contributed by atoms with van der Waals surface area (Å²) in [6.45, 7) is 2.26. The molecule has 1 aliphatic heterocycles. The number of carboxylic acid groups (broad SMARTS) is 1. The standard InChI is InChI=1S/C12H15ClN2O4/c1-12(19)4-5-15(6-8(12)16)9-3-2-7(13)10(14-9)11(17)18/h2-3,8,16,19H,4-6H2,1H3,(H,17,18)/t8-,12-/m0/s1. The van der Waals surface area contributed by atoms with Gasteiger partial charge in [0.2, 0.25) is 0 Å². The number of piperidine rings is 1. The van der Waals surface area contributed by atoms with Gasteiger partial charge in [-0.15, -0.1) is 0 Å². The average Bonchev–Trinajstić information content (AvgIpc) is 2.33. The topological polar surface area (TPSA) is 93.9 Å². The first-order chi connectivity index (χ1) is 8.81. The normalized spacial score (nSPS) is 27.4. The fourth-order valence-corrected chi connectivity index (χ4v) is 2.18. The van der Waals surface area contributed by atoms with Gasteiger partial charge < -0.3 is 20.2 Å². The Morgan fingerprint density at radius 3 is 2.84 bits per heavy atom. The Labute approximate surface area is 115 Å². The predicted octanol–water partition coefficient (Wildman–Crippen LogP) is 0.755. The van der Waals surface area contributed by atoms with Crippen LogP contribution in [0.4, 0.5) is 5.82 Å². The summed E-state index contributed by atoms with van der Waals surface area (Å²) in [5.41, 5.74) is -1.34. The maximum atomic E-state index is 11.0. The fraction of sp³-hybridized carbons (Fsp3) is 0.500. The van der Waals surface area contributed by atoms with Gasteiger partial charge in [-0.3, -0.25) is 0 Å². The van der Waals surface area contributed by atoms with E-state index in [4.69, 9.17) is 16.7 Å². The van der Waals surface area contributed by atoms with Crippen molar-refractivity contribution in [2.45, 2.75) is 25.0 Å².